The normalized spacial score (nSPS) is 11.3. The molecule has 2 rings (SSSR count). The number of nitrogens with one attached hydrogen (secondary N) is 1. The first-order chi connectivity index (χ1) is 8.95. The molecular formula is C13H12F3N3. The molecule has 6 heteroatoms. The molecule has 100 valence electrons. The van der Waals surface area contributed by atoms with E-state index in [9.17, 15) is 13.2 Å². The molecule has 0 saturated heterocycles. The third-order valence-electron chi connectivity index (χ3n) is 2.54. The largest absolute Gasteiger partial charge is 0.416 e. The topological polar surface area (TPSA) is 50.9 Å². The van der Waals surface area contributed by atoms with Gasteiger partial charge in [-0.05, 0) is 29.8 Å². The molecule has 3 N–H and O–H groups in total. The number of nitrogens with zero attached hydrogens (tertiary/aromatic N) is 1. The third kappa shape index (κ3) is 3.61. The second-order valence-corrected chi connectivity index (χ2v) is 4.02. The van der Waals surface area contributed by atoms with E-state index in [2.05, 4.69) is 10.3 Å². The molecular weight excluding hydrogens is 255 g/mol. The Kier molecular flexibility index (Phi) is 3.59. The summed E-state index contributed by atoms with van der Waals surface area (Å²) >= 11 is 0. The highest BCUT2D eigenvalue weighted by atomic mass is 19.4. The minimum atomic E-state index is -4.36. The van der Waals surface area contributed by atoms with Crippen molar-refractivity contribution in [3.8, 4) is 0 Å². The van der Waals surface area contributed by atoms with E-state index in [0.29, 0.717) is 12.2 Å². The van der Waals surface area contributed by atoms with Crippen LogP contribution >= 0.6 is 0 Å². The summed E-state index contributed by atoms with van der Waals surface area (Å²) in [5.74, 6) is 0.187. The van der Waals surface area contributed by atoms with Crippen LogP contribution < -0.4 is 11.1 Å². The number of anilines is 2. The lowest BCUT2D eigenvalue weighted by Gasteiger charge is -2.09. The predicted molar refractivity (Wildman–Crippen MR) is 67.4 cm³/mol. The maximum atomic E-state index is 12.5. The lowest BCUT2D eigenvalue weighted by molar-refractivity contribution is -0.137. The van der Waals surface area contributed by atoms with Crippen LogP contribution in [0.3, 0.4) is 0 Å². The molecule has 3 nitrogen and oxygen atoms in total. The molecule has 0 saturated carbocycles. The van der Waals surface area contributed by atoms with E-state index in [1.54, 1.807) is 24.3 Å². The van der Waals surface area contributed by atoms with Crippen LogP contribution in [0.5, 0.6) is 0 Å². The first-order valence-corrected chi connectivity index (χ1v) is 5.57. The van der Waals surface area contributed by atoms with Crippen LogP contribution in [0.4, 0.5) is 24.7 Å². The van der Waals surface area contributed by atoms with Crippen molar-refractivity contribution in [3.63, 3.8) is 0 Å². The molecule has 0 fully saturated rings. The number of nitrogen functional groups attached to an aromatic ring is 1. The van der Waals surface area contributed by atoms with Gasteiger partial charge in [-0.15, -0.1) is 0 Å². The zero-order chi connectivity index (χ0) is 13.9. The molecule has 0 unspecified atom stereocenters. The van der Waals surface area contributed by atoms with Gasteiger partial charge in [0.1, 0.15) is 5.82 Å². The first-order valence-electron chi connectivity index (χ1n) is 5.57. The minimum absolute atomic E-state index is 0.187. The molecule has 2 aromatic rings. The fourth-order valence-corrected chi connectivity index (χ4v) is 1.53. The van der Waals surface area contributed by atoms with Crippen molar-refractivity contribution in [2.24, 2.45) is 0 Å². The van der Waals surface area contributed by atoms with Gasteiger partial charge in [-0.3, -0.25) is 0 Å². The summed E-state index contributed by atoms with van der Waals surface area (Å²) in [5, 5.41) is 2.84. The molecule has 0 aliphatic rings. The van der Waals surface area contributed by atoms with E-state index in [1.165, 1.54) is 0 Å². The van der Waals surface area contributed by atoms with E-state index >= 15 is 0 Å². The number of halogens is 3. The summed E-state index contributed by atoms with van der Waals surface area (Å²) in [6.07, 6.45) is -3.23. The molecule has 0 aliphatic carbocycles. The summed E-state index contributed by atoms with van der Waals surface area (Å²) in [7, 11) is 0. The van der Waals surface area contributed by atoms with Gasteiger partial charge in [0.2, 0.25) is 0 Å². The van der Waals surface area contributed by atoms with Crippen LogP contribution in [-0.4, -0.2) is 4.98 Å². The quantitative estimate of drug-likeness (QED) is 0.839. The van der Waals surface area contributed by atoms with Gasteiger partial charge in [-0.25, -0.2) is 4.98 Å². The fourth-order valence-electron chi connectivity index (χ4n) is 1.53. The summed E-state index contributed by atoms with van der Waals surface area (Å²) in [6, 6.07) is 8.99. The Morgan fingerprint density at radius 2 is 1.79 bits per heavy atom. The number of pyridine rings is 1. The Bertz CT molecular complexity index is 550. The van der Waals surface area contributed by atoms with Gasteiger partial charge >= 0.3 is 6.18 Å². The number of benzene rings is 1. The van der Waals surface area contributed by atoms with Gasteiger partial charge in [-0.2, -0.15) is 13.2 Å². The van der Waals surface area contributed by atoms with E-state index in [-0.39, 0.29) is 5.82 Å². The van der Waals surface area contributed by atoms with Crippen molar-refractivity contribution in [3.05, 3.63) is 53.7 Å². The van der Waals surface area contributed by atoms with E-state index < -0.39 is 11.7 Å². The minimum Gasteiger partial charge on any atom is -0.399 e. The van der Waals surface area contributed by atoms with Gasteiger partial charge in [-0.1, -0.05) is 12.1 Å². The summed E-state index contributed by atoms with van der Waals surface area (Å²) in [5.41, 5.74) is 6.37. The number of hydrogen-bond acceptors (Lipinski definition) is 3. The van der Waals surface area contributed by atoms with Crippen molar-refractivity contribution >= 4 is 11.5 Å². The summed E-state index contributed by atoms with van der Waals surface area (Å²) in [6.45, 7) is 0.384. The fraction of sp³-hybridized carbons (Fsp3) is 0.154. The molecule has 0 aliphatic heterocycles. The van der Waals surface area contributed by atoms with Crippen molar-refractivity contribution < 1.29 is 13.2 Å². The number of hydrogen-bond donors (Lipinski definition) is 2. The van der Waals surface area contributed by atoms with Crippen molar-refractivity contribution in [1.82, 2.24) is 4.98 Å². The smallest absolute Gasteiger partial charge is 0.399 e. The van der Waals surface area contributed by atoms with Crippen molar-refractivity contribution in [2.45, 2.75) is 12.7 Å². The molecule has 1 heterocycles. The van der Waals surface area contributed by atoms with Crippen LogP contribution in [0.1, 0.15) is 11.1 Å². The standard InChI is InChI=1S/C13H12F3N3/c14-13(15,16)10-5-6-18-12(7-10)19-8-9-1-3-11(17)4-2-9/h1-7H,8,17H2,(H,18,19). The number of rotatable bonds is 3. The Morgan fingerprint density at radius 3 is 2.42 bits per heavy atom. The van der Waals surface area contributed by atoms with Gasteiger partial charge in [0.05, 0.1) is 5.56 Å². The van der Waals surface area contributed by atoms with Crippen LogP contribution in [-0.2, 0) is 12.7 Å². The third-order valence-corrected chi connectivity index (χ3v) is 2.54. The second kappa shape index (κ2) is 5.17. The Hall–Kier alpha value is -2.24. The zero-order valence-corrected chi connectivity index (χ0v) is 9.91. The van der Waals surface area contributed by atoms with Crippen LogP contribution in [0.2, 0.25) is 0 Å². The Morgan fingerprint density at radius 1 is 1.11 bits per heavy atom. The van der Waals surface area contributed by atoms with E-state index in [4.69, 9.17) is 5.73 Å². The van der Waals surface area contributed by atoms with Gasteiger partial charge < -0.3 is 11.1 Å². The molecule has 0 atom stereocenters. The van der Waals surface area contributed by atoms with Crippen LogP contribution in [0.25, 0.3) is 0 Å². The maximum absolute atomic E-state index is 12.5. The lowest BCUT2D eigenvalue weighted by atomic mass is 10.2. The van der Waals surface area contributed by atoms with Gasteiger partial charge in [0.25, 0.3) is 0 Å². The highest BCUT2D eigenvalue weighted by molar-refractivity contribution is 5.42. The zero-order valence-electron chi connectivity index (χ0n) is 9.91. The summed E-state index contributed by atoms with van der Waals surface area (Å²) in [4.78, 5) is 3.85. The number of aromatic nitrogens is 1. The van der Waals surface area contributed by atoms with E-state index in [0.717, 1.165) is 23.9 Å². The van der Waals surface area contributed by atoms with E-state index in [1.807, 2.05) is 0 Å². The molecule has 0 radical (unpaired) electrons. The molecule has 0 bridgehead atoms. The SMILES string of the molecule is Nc1ccc(CNc2cc(C(F)(F)F)ccn2)cc1. The molecule has 19 heavy (non-hydrogen) atoms. The van der Waals surface area contributed by atoms with Crippen molar-refractivity contribution in [2.75, 3.05) is 11.1 Å². The van der Waals surface area contributed by atoms with Gasteiger partial charge in [0.15, 0.2) is 0 Å². The average molecular weight is 267 g/mol. The van der Waals surface area contributed by atoms with Crippen LogP contribution in [0, 0.1) is 0 Å². The molecule has 1 aromatic heterocycles. The lowest BCUT2D eigenvalue weighted by Crippen LogP contribution is -2.07. The summed E-state index contributed by atoms with van der Waals surface area (Å²) < 4.78 is 37.5. The molecule has 0 amide bonds. The second-order valence-electron chi connectivity index (χ2n) is 4.02. The Labute approximate surface area is 108 Å². The number of nitrogens with two attached hydrogens (primary N) is 1. The predicted octanol–water partition coefficient (Wildman–Crippen LogP) is 3.29. The highest BCUT2D eigenvalue weighted by Gasteiger charge is 2.30. The first kappa shape index (κ1) is 13.2. The van der Waals surface area contributed by atoms with Crippen LogP contribution in [0.15, 0.2) is 42.6 Å². The van der Waals surface area contributed by atoms with Crippen molar-refractivity contribution in [1.29, 1.82) is 0 Å². The highest BCUT2D eigenvalue weighted by Crippen LogP contribution is 2.29. The average Bonchev–Trinajstić information content (AvgIpc) is 2.37. The number of alkyl halides is 3. The Balaban J connectivity index is 2.05. The molecule has 1 aromatic carbocycles. The molecule has 0 spiro atoms. The van der Waals surface area contributed by atoms with Gasteiger partial charge in [0, 0.05) is 18.4 Å². The monoisotopic (exact) mass is 267 g/mol. The maximum Gasteiger partial charge on any atom is 0.416 e.